The summed E-state index contributed by atoms with van der Waals surface area (Å²) >= 11 is 18.1. The fourth-order valence-corrected chi connectivity index (χ4v) is 4.07. The van der Waals surface area contributed by atoms with Crippen molar-refractivity contribution < 1.29 is 17.3 Å². The van der Waals surface area contributed by atoms with E-state index >= 15 is 0 Å². The highest BCUT2D eigenvalue weighted by Crippen LogP contribution is 2.38. The summed E-state index contributed by atoms with van der Waals surface area (Å²) in [4.78, 5) is 4.36. The number of halogens is 3. The minimum absolute atomic E-state index is 0.0520. The smallest absolute Gasteiger partial charge is 0.339 e. The fourth-order valence-electron chi connectivity index (χ4n) is 2.52. The van der Waals surface area contributed by atoms with Crippen molar-refractivity contribution in [2.45, 2.75) is 11.8 Å². The topological polar surface area (TPSA) is 65.0 Å². The maximum Gasteiger partial charge on any atom is 0.339 e. The molecule has 9 heteroatoms. The van der Waals surface area contributed by atoms with Crippen molar-refractivity contribution in [1.29, 1.82) is 0 Å². The van der Waals surface area contributed by atoms with Crippen LogP contribution in [0.15, 0.2) is 64.5 Å². The molecule has 0 saturated heterocycles. The molecule has 0 heterocycles. The van der Waals surface area contributed by atoms with E-state index in [1.54, 1.807) is 24.4 Å². The van der Waals surface area contributed by atoms with Crippen molar-refractivity contribution in [1.82, 2.24) is 0 Å². The minimum atomic E-state index is -4.14. The number of benzene rings is 3. The number of hydrogen-bond acceptors (Lipinski definition) is 5. The third-order valence-electron chi connectivity index (χ3n) is 4.07. The normalized spacial score (nSPS) is 11.6. The second kappa shape index (κ2) is 9.27. The molecule has 0 unspecified atom stereocenters. The Morgan fingerprint density at radius 1 is 0.933 bits per heavy atom. The zero-order valence-electron chi connectivity index (χ0n) is 15.9. The summed E-state index contributed by atoms with van der Waals surface area (Å²) in [7, 11) is -2.75. The van der Waals surface area contributed by atoms with E-state index in [1.165, 1.54) is 37.4 Å². The summed E-state index contributed by atoms with van der Waals surface area (Å²) in [6.07, 6.45) is 1.57. The Morgan fingerprint density at radius 3 is 2.27 bits per heavy atom. The van der Waals surface area contributed by atoms with Crippen LogP contribution in [0.3, 0.4) is 0 Å². The summed E-state index contributed by atoms with van der Waals surface area (Å²) < 4.78 is 35.7. The molecule has 0 bridgehead atoms. The van der Waals surface area contributed by atoms with E-state index in [9.17, 15) is 8.42 Å². The van der Waals surface area contributed by atoms with Gasteiger partial charge in [-0.05, 0) is 66.6 Å². The van der Waals surface area contributed by atoms with E-state index in [1.807, 2.05) is 13.0 Å². The summed E-state index contributed by atoms with van der Waals surface area (Å²) in [5.74, 6) is 0.0227. The summed E-state index contributed by atoms with van der Waals surface area (Å²) in [6, 6.07) is 14.1. The second-order valence-electron chi connectivity index (χ2n) is 6.21. The lowest BCUT2D eigenvalue weighted by Crippen LogP contribution is -2.11. The molecule has 0 aliphatic carbocycles. The van der Waals surface area contributed by atoms with Crippen LogP contribution >= 0.6 is 34.8 Å². The first-order valence-corrected chi connectivity index (χ1v) is 11.1. The van der Waals surface area contributed by atoms with Crippen molar-refractivity contribution in [2.24, 2.45) is 4.99 Å². The Morgan fingerprint density at radius 2 is 1.60 bits per heavy atom. The van der Waals surface area contributed by atoms with Gasteiger partial charge < -0.3 is 8.92 Å². The van der Waals surface area contributed by atoms with Gasteiger partial charge in [-0.2, -0.15) is 8.42 Å². The highest BCUT2D eigenvalue weighted by atomic mass is 35.5. The van der Waals surface area contributed by atoms with Crippen molar-refractivity contribution >= 4 is 56.8 Å². The van der Waals surface area contributed by atoms with Crippen LogP contribution in [0.4, 0.5) is 5.69 Å². The first-order valence-electron chi connectivity index (χ1n) is 8.57. The van der Waals surface area contributed by atoms with Gasteiger partial charge in [0.2, 0.25) is 5.75 Å². The van der Waals surface area contributed by atoms with Gasteiger partial charge in [-0.1, -0.05) is 40.9 Å². The number of aryl methyl sites for hydroxylation is 1. The lowest BCUT2D eigenvalue weighted by atomic mass is 10.2. The molecule has 0 fully saturated rings. The van der Waals surface area contributed by atoms with Crippen LogP contribution in [-0.2, 0) is 10.1 Å². The van der Waals surface area contributed by atoms with Crippen molar-refractivity contribution in [3.8, 4) is 11.5 Å². The highest BCUT2D eigenvalue weighted by molar-refractivity contribution is 7.87. The Kier molecular flexibility index (Phi) is 6.93. The summed E-state index contributed by atoms with van der Waals surface area (Å²) in [6.45, 7) is 1.91. The third-order valence-corrected chi connectivity index (χ3v) is 6.07. The molecule has 3 aromatic carbocycles. The molecular weight excluding hydrogens is 469 g/mol. The molecule has 0 amide bonds. The Labute approximate surface area is 190 Å². The monoisotopic (exact) mass is 483 g/mol. The molecule has 30 heavy (non-hydrogen) atoms. The number of nitrogens with zero attached hydrogens (tertiary/aromatic N) is 1. The van der Waals surface area contributed by atoms with E-state index in [0.717, 1.165) is 5.56 Å². The maximum atomic E-state index is 12.6. The first-order chi connectivity index (χ1) is 14.2. The Bertz CT molecular complexity index is 1210. The van der Waals surface area contributed by atoms with Crippen LogP contribution in [0.5, 0.6) is 11.5 Å². The molecule has 3 aromatic rings. The van der Waals surface area contributed by atoms with Gasteiger partial charge in [-0.3, -0.25) is 4.99 Å². The SMILES string of the molecule is COc1cc(C=Nc2cc(Cl)ccc2C)cc(Cl)c1OS(=O)(=O)c1ccc(Cl)cc1. The quantitative estimate of drug-likeness (QED) is 0.296. The molecule has 0 radical (unpaired) electrons. The number of rotatable bonds is 6. The predicted molar refractivity (Wildman–Crippen MR) is 121 cm³/mol. The first kappa shape index (κ1) is 22.4. The van der Waals surface area contributed by atoms with E-state index in [-0.39, 0.29) is 21.4 Å². The molecule has 0 aliphatic heterocycles. The Balaban J connectivity index is 1.93. The minimum Gasteiger partial charge on any atom is -0.493 e. The molecule has 3 rings (SSSR count). The maximum absolute atomic E-state index is 12.6. The summed E-state index contributed by atoms with van der Waals surface area (Å²) in [5, 5.41) is 1.03. The highest BCUT2D eigenvalue weighted by Gasteiger charge is 2.22. The number of aliphatic imine (C=N–C) groups is 1. The second-order valence-corrected chi connectivity index (χ2v) is 9.04. The van der Waals surface area contributed by atoms with Crippen molar-refractivity contribution in [3.05, 3.63) is 80.8 Å². The molecule has 0 aromatic heterocycles. The van der Waals surface area contributed by atoms with Gasteiger partial charge >= 0.3 is 10.1 Å². The van der Waals surface area contributed by atoms with Crippen LogP contribution < -0.4 is 8.92 Å². The van der Waals surface area contributed by atoms with Crippen LogP contribution in [0.2, 0.25) is 15.1 Å². The van der Waals surface area contributed by atoms with Gasteiger partial charge in [0, 0.05) is 16.3 Å². The largest absolute Gasteiger partial charge is 0.493 e. The number of hydrogen-bond donors (Lipinski definition) is 0. The Hall–Kier alpha value is -2.25. The third kappa shape index (κ3) is 5.26. The van der Waals surface area contributed by atoms with Gasteiger partial charge in [0.05, 0.1) is 17.8 Å². The average Bonchev–Trinajstić information content (AvgIpc) is 2.70. The van der Waals surface area contributed by atoms with Crippen LogP contribution in [0.25, 0.3) is 0 Å². The van der Waals surface area contributed by atoms with E-state index in [0.29, 0.717) is 21.3 Å². The lowest BCUT2D eigenvalue weighted by Gasteiger charge is -2.13. The van der Waals surface area contributed by atoms with E-state index in [4.69, 9.17) is 43.7 Å². The molecule has 0 atom stereocenters. The van der Waals surface area contributed by atoms with Crippen molar-refractivity contribution in [2.75, 3.05) is 7.11 Å². The summed E-state index contributed by atoms with van der Waals surface area (Å²) in [5.41, 5.74) is 2.23. The predicted octanol–water partition coefficient (Wildman–Crippen LogP) is 6.48. The van der Waals surface area contributed by atoms with Gasteiger partial charge in [0.15, 0.2) is 5.75 Å². The molecule has 156 valence electrons. The van der Waals surface area contributed by atoms with Crippen LogP contribution in [0.1, 0.15) is 11.1 Å². The van der Waals surface area contributed by atoms with E-state index in [2.05, 4.69) is 4.99 Å². The van der Waals surface area contributed by atoms with Gasteiger partial charge in [-0.25, -0.2) is 0 Å². The fraction of sp³-hybridized carbons (Fsp3) is 0.0952. The number of ether oxygens (including phenoxy) is 1. The van der Waals surface area contributed by atoms with Crippen molar-refractivity contribution in [3.63, 3.8) is 0 Å². The van der Waals surface area contributed by atoms with Gasteiger partial charge in [0.1, 0.15) is 4.90 Å². The average molecular weight is 485 g/mol. The zero-order valence-corrected chi connectivity index (χ0v) is 19.0. The molecule has 0 spiro atoms. The standard InChI is InChI=1S/C21H16Cl3NO4S/c1-13-3-4-16(23)11-19(13)25-12-14-9-18(24)21(20(10-14)28-2)29-30(26,27)17-7-5-15(22)6-8-17/h3-12H,1-2H3. The molecule has 0 saturated carbocycles. The van der Waals surface area contributed by atoms with Crippen LogP contribution in [0, 0.1) is 6.92 Å². The number of methoxy groups -OCH3 is 1. The van der Waals surface area contributed by atoms with Gasteiger partial charge in [-0.15, -0.1) is 0 Å². The van der Waals surface area contributed by atoms with E-state index < -0.39 is 10.1 Å². The zero-order chi connectivity index (χ0) is 21.9. The molecule has 5 nitrogen and oxygen atoms in total. The molecule has 0 aliphatic rings. The van der Waals surface area contributed by atoms with Crippen LogP contribution in [-0.4, -0.2) is 21.7 Å². The molecular formula is C21H16Cl3NO4S. The molecule has 0 N–H and O–H groups in total. The lowest BCUT2D eigenvalue weighted by molar-refractivity contribution is 0.390. The van der Waals surface area contributed by atoms with Gasteiger partial charge in [0.25, 0.3) is 0 Å².